The molecule has 0 spiro atoms. The number of nitrogens with zero attached hydrogens (tertiary/aromatic N) is 2. The second-order valence-corrected chi connectivity index (χ2v) is 4.18. The van der Waals surface area contributed by atoms with E-state index in [9.17, 15) is 0 Å². The first-order valence-electron chi connectivity index (χ1n) is 6.10. The van der Waals surface area contributed by atoms with Crippen molar-refractivity contribution < 1.29 is 9.47 Å². The van der Waals surface area contributed by atoms with E-state index in [2.05, 4.69) is 22.2 Å². The molecule has 1 saturated heterocycles. The molecule has 0 aromatic carbocycles. The third-order valence-corrected chi connectivity index (χ3v) is 3.01. The molecule has 2 heterocycles. The average molecular weight is 237 g/mol. The van der Waals surface area contributed by atoms with Gasteiger partial charge in [-0.05, 0) is 20.3 Å². The van der Waals surface area contributed by atoms with Gasteiger partial charge in [0.15, 0.2) is 0 Å². The van der Waals surface area contributed by atoms with Crippen molar-refractivity contribution in [2.24, 2.45) is 5.92 Å². The van der Waals surface area contributed by atoms with Crippen molar-refractivity contribution in [3.05, 3.63) is 12.4 Å². The Hall–Kier alpha value is -1.36. The molecule has 1 aromatic rings. The Morgan fingerprint density at radius 3 is 3.12 bits per heavy atom. The maximum Gasteiger partial charge on any atom is 0.218 e. The fourth-order valence-electron chi connectivity index (χ4n) is 1.94. The third kappa shape index (κ3) is 3.30. The highest BCUT2D eigenvalue weighted by Crippen LogP contribution is 2.21. The summed E-state index contributed by atoms with van der Waals surface area (Å²) in [6.45, 7) is 6.41. The van der Waals surface area contributed by atoms with Crippen LogP contribution >= 0.6 is 0 Å². The molecular formula is C12H19N3O2. The van der Waals surface area contributed by atoms with Crippen molar-refractivity contribution in [2.45, 2.75) is 26.4 Å². The zero-order valence-corrected chi connectivity index (χ0v) is 10.3. The van der Waals surface area contributed by atoms with Crippen molar-refractivity contribution >= 4 is 5.82 Å². The number of nitrogens with one attached hydrogen (secondary N) is 1. The van der Waals surface area contributed by atoms with E-state index in [4.69, 9.17) is 9.47 Å². The Labute approximate surface area is 102 Å². The van der Waals surface area contributed by atoms with E-state index < -0.39 is 0 Å². The van der Waals surface area contributed by atoms with Crippen molar-refractivity contribution in [3.63, 3.8) is 0 Å². The van der Waals surface area contributed by atoms with Crippen LogP contribution in [0.15, 0.2) is 12.4 Å². The van der Waals surface area contributed by atoms with E-state index in [0.717, 1.165) is 25.4 Å². The van der Waals surface area contributed by atoms with E-state index in [1.54, 1.807) is 0 Å². The Morgan fingerprint density at radius 2 is 2.41 bits per heavy atom. The van der Waals surface area contributed by atoms with Crippen LogP contribution in [0.3, 0.4) is 0 Å². The smallest absolute Gasteiger partial charge is 0.218 e. The number of hydrogen-bond donors (Lipinski definition) is 1. The lowest BCUT2D eigenvalue weighted by atomic mass is 10.0. The van der Waals surface area contributed by atoms with Crippen molar-refractivity contribution in [1.82, 2.24) is 9.97 Å². The van der Waals surface area contributed by atoms with Gasteiger partial charge in [0, 0.05) is 25.1 Å². The molecule has 1 aliphatic rings. The van der Waals surface area contributed by atoms with Gasteiger partial charge in [0.05, 0.1) is 12.7 Å². The molecule has 17 heavy (non-hydrogen) atoms. The Kier molecular flexibility index (Phi) is 4.14. The summed E-state index contributed by atoms with van der Waals surface area (Å²) in [5.41, 5.74) is 0. The number of anilines is 1. The van der Waals surface area contributed by atoms with Crippen LogP contribution in [0.2, 0.25) is 0 Å². The summed E-state index contributed by atoms with van der Waals surface area (Å²) in [6.07, 6.45) is 2.95. The number of rotatable bonds is 5. The van der Waals surface area contributed by atoms with Gasteiger partial charge >= 0.3 is 0 Å². The van der Waals surface area contributed by atoms with Gasteiger partial charge in [-0.25, -0.2) is 9.97 Å². The second-order valence-electron chi connectivity index (χ2n) is 4.18. The molecule has 0 amide bonds. The van der Waals surface area contributed by atoms with Crippen LogP contribution in [0, 0.1) is 5.92 Å². The average Bonchev–Trinajstić information content (AvgIpc) is 2.73. The predicted octanol–water partition coefficient (Wildman–Crippen LogP) is 1.71. The molecule has 0 radical (unpaired) electrons. The molecule has 0 bridgehead atoms. The quantitative estimate of drug-likeness (QED) is 0.845. The standard InChI is InChI=1S/C12H19N3O2/c1-3-16-12-6-11(14-8-15-12)13-7-10-4-5-17-9(10)2/h6,8-10H,3-5,7H2,1-2H3,(H,13,14,15). The minimum absolute atomic E-state index is 0.329. The zero-order chi connectivity index (χ0) is 12.1. The lowest BCUT2D eigenvalue weighted by Crippen LogP contribution is -2.21. The summed E-state index contributed by atoms with van der Waals surface area (Å²) in [5, 5.41) is 3.30. The Morgan fingerprint density at radius 1 is 1.53 bits per heavy atom. The van der Waals surface area contributed by atoms with Gasteiger partial charge in [-0.15, -0.1) is 0 Å². The fourth-order valence-corrected chi connectivity index (χ4v) is 1.94. The van der Waals surface area contributed by atoms with Crippen LogP contribution in [0.25, 0.3) is 0 Å². The van der Waals surface area contributed by atoms with Crippen LogP contribution < -0.4 is 10.1 Å². The molecule has 0 aliphatic carbocycles. The molecule has 0 saturated carbocycles. The molecule has 94 valence electrons. The van der Waals surface area contributed by atoms with Crippen molar-refractivity contribution in [3.8, 4) is 5.88 Å². The molecule has 1 aromatic heterocycles. The fraction of sp³-hybridized carbons (Fsp3) is 0.667. The van der Waals surface area contributed by atoms with Crippen LogP contribution in [-0.4, -0.2) is 35.8 Å². The van der Waals surface area contributed by atoms with E-state index in [1.807, 2.05) is 13.0 Å². The number of aromatic nitrogens is 2. The molecule has 2 rings (SSSR count). The highest BCUT2D eigenvalue weighted by molar-refractivity contribution is 5.37. The summed E-state index contributed by atoms with van der Waals surface area (Å²) >= 11 is 0. The van der Waals surface area contributed by atoms with Gasteiger partial charge in [-0.3, -0.25) is 0 Å². The highest BCUT2D eigenvalue weighted by Gasteiger charge is 2.23. The van der Waals surface area contributed by atoms with Crippen molar-refractivity contribution in [2.75, 3.05) is 25.1 Å². The summed E-state index contributed by atoms with van der Waals surface area (Å²) in [5.74, 6) is 1.98. The molecule has 5 heteroatoms. The Bertz CT molecular complexity index is 359. The molecule has 1 aliphatic heterocycles. The van der Waals surface area contributed by atoms with Crippen molar-refractivity contribution in [1.29, 1.82) is 0 Å². The third-order valence-electron chi connectivity index (χ3n) is 3.01. The predicted molar refractivity (Wildman–Crippen MR) is 65.2 cm³/mol. The monoisotopic (exact) mass is 237 g/mol. The molecule has 2 atom stereocenters. The summed E-state index contributed by atoms with van der Waals surface area (Å²) in [4.78, 5) is 8.19. The van der Waals surface area contributed by atoms with Crippen LogP contribution in [0.4, 0.5) is 5.82 Å². The second kappa shape index (κ2) is 5.82. The number of hydrogen-bond acceptors (Lipinski definition) is 5. The first-order chi connectivity index (χ1) is 8.29. The van der Waals surface area contributed by atoms with E-state index in [-0.39, 0.29) is 0 Å². The molecule has 1 fully saturated rings. The van der Waals surface area contributed by atoms with Crippen LogP contribution in [0.5, 0.6) is 5.88 Å². The molecule has 1 N–H and O–H groups in total. The normalized spacial score (nSPS) is 23.6. The van der Waals surface area contributed by atoms with Gasteiger partial charge < -0.3 is 14.8 Å². The largest absolute Gasteiger partial charge is 0.478 e. The van der Waals surface area contributed by atoms with E-state index >= 15 is 0 Å². The van der Waals surface area contributed by atoms with Gasteiger partial charge in [0.25, 0.3) is 0 Å². The van der Waals surface area contributed by atoms with Crippen LogP contribution in [-0.2, 0) is 4.74 Å². The SMILES string of the molecule is CCOc1cc(NCC2CCOC2C)ncn1. The summed E-state index contributed by atoms with van der Waals surface area (Å²) in [7, 11) is 0. The van der Waals surface area contributed by atoms with E-state index in [0.29, 0.717) is 24.5 Å². The highest BCUT2D eigenvalue weighted by atomic mass is 16.5. The summed E-state index contributed by atoms with van der Waals surface area (Å²) in [6, 6.07) is 1.82. The van der Waals surface area contributed by atoms with E-state index in [1.165, 1.54) is 6.33 Å². The lowest BCUT2D eigenvalue weighted by molar-refractivity contribution is 0.108. The number of ether oxygens (including phenoxy) is 2. The molecular weight excluding hydrogens is 218 g/mol. The Balaban J connectivity index is 1.87. The first kappa shape index (κ1) is 12.1. The maximum absolute atomic E-state index is 5.52. The summed E-state index contributed by atoms with van der Waals surface area (Å²) < 4.78 is 10.8. The minimum atomic E-state index is 0.329. The molecule has 2 unspecified atom stereocenters. The first-order valence-corrected chi connectivity index (χ1v) is 6.10. The maximum atomic E-state index is 5.52. The van der Waals surface area contributed by atoms with Gasteiger partial charge in [-0.2, -0.15) is 0 Å². The minimum Gasteiger partial charge on any atom is -0.478 e. The lowest BCUT2D eigenvalue weighted by Gasteiger charge is -2.15. The van der Waals surface area contributed by atoms with Gasteiger partial charge in [0.2, 0.25) is 5.88 Å². The van der Waals surface area contributed by atoms with Crippen LogP contribution in [0.1, 0.15) is 20.3 Å². The topological polar surface area (TPSA) is 56.3 Å². The van der Waals surface area contributed by atoms with Gasteiger partial charge in [0.1, 0.15) is 12.1 Å². The van der Waals surface area contributed by atoms with Gasteiger partial charge in [-0.1, -0.05) is 0 Å². The molecule has 5 nitrogen and oxygen atoms in total. The zero-order valence-electron chi connectivity index (χ0n) is 10.3.